The summed E-state index contributed by atoms with van der Waals surface area (Å²) in [5.41, 5.74) is 1.10. The monoisotopic (exact) mass is 550 g/mol. The molecule has 1 fully saturated rings. The topological polar surface area (TPSA) is 49.9 Å². The number of benzene rings is 2. The average Bonchev–Trinajstić information content (AvgIpc) is 2.92. The first-order chi connectivity index (χ1) is 17.7. The summed E-state index contributed by atoms with van der Waals surface area (Å²) in [7, 11) is 0. The van der Waals surface area contributed by atoms with Crippen LogP contribution in [0.1, 0.15) is 40.7 Å². The van der Waals surface area contributed by atoms with Gasteiger partial charge in [-0.25, -0.2) is 4.79 Å². The summed E-state index contributed by atoms with van der Waals surface area (Å²) >= 11 is 3.12. The number of amides is 1. The number of piperazine rings is 1. The van der Waals surface area contributed by atoms with Gasteiger partial charge in [-0.1, -0.05) is 54.2 Å². The van der Waals surface area contributed by atoms with Gasteiger partial charge in [-0.3, -0.25) is 9.69 Å². The van der Waals surface area contributed by atoms with Crippen LogP contribution in [0.25, 0.3) is 0 Å². The molecule has 0 aromatic heterocycles. The maximum Gasteiger partial charge on any atom is 0.416 e. The molecule has 1 saturated heterocycles. The van der Waals surface area contributed by atoms with Gasteiger partial charge in [0.25, 0.3) is 0 Å². The van der Waals surface area contributed by atoms with E-state index in [4.69, 9.17) is 4.74 Å². The predicted octanol–water partition coefficient (Wildman–Crippen LogP) is 6.48. The predicted molar refractivity (Wildman–Crippen MR) is 142 cm³/mol. The fourth-order valence-corrected chi connectivity index (χ4v) is 7.12. The third kappa shape index (κ3) is 6.35. The van der Waals surface area contributed by atoms with E-state index in [1.54, 1.807) is 23.6 Å². The van der Waals surface area contributed by atoms with Crippen molar-refractivity contribution in [3.63, 3.8) is 0 Å². The number of ketones is 1. The van der Waals surface area contributed by atoms with Crippen LogP contribution in [0.4, 0.5) is 18.0 Å². The van der Waals surface area contributed by atoms with Gasteiger partial charge >= 0.3 is 12.3 Å². The molecule has 2 aliphatic rings. The van der Waals surface area contributed by atoms with Crippen molar-refractivity contribution in [3.05, 3.63) is 81.1 Å². The quantitative estimate of drug-likeness (QED) is 0.384. The number of carbonyl (C=O) groups is 2. The lowest BCUT2D eigenvalue weighted by Gasteiger charge is -2.42. The van der Waals surface area contributed by atoms with E-state index in [0.717, 1.165) is 21.9 Å². The molecule has 2 heterocycles. The van der Waals surface area contributed by atoms with Crippen LogP contribution in [0.15, 0.2) is 64.4 Å². The lowest BCUT2D eigenvalue weighted by Crippen LogP contribution is -2.52. The summed E-state index contributed by atoms with van der Waals surface area (Å²) in [5.74, 6) is -0.446. The van der Waals surface area contributed by atoms with Crippen molar-refractivity contribution in [1.82, 2.24) is 9.80 Å². The van der Waals surface area contributed by atoms with E-state index >= 15 is 0 Å². The summed E-state index contributed by atoms with van der Waals surface area (Å²) < 4.78 is 45.2. The number of halogens is 3. The minimum Gasteiger partial charge on any atom is -0.450 e. The molecule has 37 heavy (non-hydrogen) atoms. The Morgan fingerprint density at radius 2 is 1.68 bits per heavy atom. The first-order valence-electron chi connectivity index (χ1n) is 12.1. The van der Waals surface area contributed by atoms with Crippen LogP contribution < -0.4 is 0 Å². The van der Waals surface area contributed by atoms with Crippen molar-refractivity contribution in [1.29, 1.82) is 0 Å². The molecule has 5 nitrogen and oxygen atoms in total. The Labute approximate surface area is 223 Å². The molecule has 2 aliphatic heterocycles. The number of rotatable bonds is 6. The molecule has 1 amide bonds. The van der Waals surface area contributed by atoms with Crippen LogP contribution in [0, 0.1) is 0 Å². The zero-order chi connectivity index (χ0) is 26.6. The molecule has 0 radical (unpaired) electrons. The highest BCUT2D eigenvalue weighted by molar-refractivity contribution is 8.22. The van der Waals surface area contributed by atoms with Gasteiger partial charge in [-0.05, 0) is 37.3 Å². The van der Waals surface area contributed by atoms with Crippen LogP contribution in [0.3, 0.4) is 0 Å². The van der Waals surface area contributed by atoms with E-state index in [1.165, 1.54) is 23.9 Å². The van der Waals surface area contributed by atoms with E-state index in [0.29, 0.717) is 44.8 Å². The smallest absolute Gasteiger partial charge is 0.416 e. The maximum atomic E-state index is 13.7. The third-order valence-corrected chi connectivity index (χ3v) is 9.18. The molecule has 0 N–H and O–H groups in total. The maximum absolute atomic E-state index is 13.7. The molecule has 198 valence electrons. The molecule has 0 saturated carbocycles. The molecule has 10 heteroatoms. The molecular weight excluding hydrogens is 521 g/mol. The third-order valence-electron chi connectivity index (χ3n) is 6.60. The van der Waals surface area contributed by atoms with Gasteiger partial charge in [0.2, 0.25) is 0 Å². The highest BCUT2D eigenvalue weighted by Gasteiger charge is 2.38. The highest BCUT2D eigenvalue weighted by atomic mass is 32.2. The zero-order valence-electron chi connectivity index (χ0n) is 20.7. The Bertz CT molecular complexity index is 1130. The highest BCUT2D eigenvalue weighted by Crippen LogP contribution is 2.49. The van der Waals surface area contributed by atoms with Crippen LogP contribution in [0.5, 0.6) is 0 Å². The van der Waals surface area contributed by atoms with Crippen molar-refractivity contribution in [2.75, 3.05) is 39.0 Å². The zero-order valence-corrected chi connectivity index (χ0v) is 22.3. The van der Waals surface area contributed by atoms with E-state index in [9.17, 15) is 22.8 Å². The number of allylic oxidation sites excluding steroid dienone is 1. The Balaban J connectivity index is 1.62. The van der Waals surface area contributed by atoms with E-state index in [-0.39, 0.29) is 28.7 Å². The largest absolute Gasteiger partial charge is 0.450 e. The molecular formula is C27H29F3N2O3S2. The molecule has 2 unspecified atom stereocenters. The van der Waals surface area contributed by atoms with Crippen molar-refractivity contribution in [2.45, 2.75) is 30.8 Å². The van der Waals surface area contributed by atoms with Crippen LogP contribution in [-0.2, 0) is 10.9 Å². The average molecular weight is 551 g/mol. The molecule has 2 aromatic rings. The van der Waals surface area contributed by atoms with Gasteiger partial charge in [-0.15, -0.1) is 11.8 Å². The Hall–Kier alpha value is -2.43. The van der Waals surface area contributed by atoms with Crippen LogP contribution >= 0.6 is 23.5 Å². The Kier molecular flexibility index (Phi) is 8.92. The number of thioether (sulfide) groups is 2. The number of hydrogen-bond acceptors (Lipinski definition) is 6. The lowest BCUT2D eigenvalue weighted by molar-refractivity contribution is -0.137. The van der Waals surface area contributed by atoms with E-state index in [2.05, 4.69) is 4.90 Å². The normalized spacial score (nSPS) is 21.2. The van der Waals surface area contributed by atoms with Gasteiger partial charge in [0.1, 0.15) is 0 Å². The van der Waals surface area contributed by atoms with Gasteiger partial charge in [-0.2, -0.15) is 13.2 Å². The fourth-order valence-electron chi connectivity index (χ4n) is 4.69. The summed E-state index contributed by atoms with van der Waals surface area (Å²) in [5, 5.41) is 0.0983. The second-order valence-electron chi connectivity index (χ2n) is 8.80. The number of alkyl halides is 3. The number of ether oxygens (including phenoxy) is 1. The first kappa shape index (κ1) is 27.6. The Morgan fingerprint density at radius 3 is 2.24 bits per heavy atom. The van der Waals surface area contributed by atoms with Gasteiger partial charge < -0.3 is 9.64 Å². The van der Waals surface area contributed by atoms with Gasteiger partial charge in [0, 0.05) is 47.5 Å². The summed E-state index contributed by atoms with van der Waals surface area (Å²) in [6, 6.07) is 14.2. The minimum absolute atomic E-state index is 0.0983. The first-order valence-corrected chi connectivity index (χ1v) is 14.2. The van der Waals surface area contributed by atoms with E-state index < -0.39 is 11.7 Å². The minimum atomic E-state index is -4.46. The van der Waals surface area contributed by atoms with E-state index in [1.807, 2.05) is 36.6 Å². The van der Waals surface area contributed by atoms with Crippen LogP contribution in [0.2, 0.25) is 0 Å². The number of carbonyl (C=O) groups excluding carboxylic acids is 2. The van der Waals surface area contributed by atoms with Gasteiger partial charge in [0.15, 0.2) is 5.78 Å². The second-order valence-corrected chi connectivity index (χ2v) is 11.1. The molecule has 2 aromatic carbocycles. The van der Waals surface area contributed by atoms with Crippen LogP contribution in [-0.4, -0.2) is 66.1 Å². The standard InChI is InChI=1S/C27H29F3N2O3S2/c1-3-35-26(34)32-15-13-31(14-16-32)22-17-21(18-7-5-4-6-8-18)23(25(36-2)37-22)24(33)19-9-11-20(12-10-19)27(28,29)30/h4-12,21-22H,3,13-17H2,1-2H3. The summed E-state index contributed by atoms with van der Waals surface area (Å²) in [6.07, 6.45) is -2.15. The van der Waals surface area contributed by atoms with Crippen molar-refractivity contribution >= 4 is 35.4 Å². The molecule has 4 rings (SSSR count). The molecule has 0 aliphatic carbocycles. The summed E-state index contributed by atoms with van der Waals surface area (Å²) in [4.78, 5) is 29.9. The molecule has 2 atom stereocenters. The molecule has 0 spiro atoms. The SMILES string of the molecule is CCOC(=O)N1CCN(C2CC(c3ccccc3)C(C(=O)c3ccc(C(F)(F)F)cc3)=C(SC)S2)CC1. The van der Waals surface area contributed by atoms with Gasteiger partial charge in [0.05, 0.1) is 17.5 Å². The second kappa shape index (κ2) is 12.0. The van der Waals surface area contributed by atoms with Crippen molar-refractivity contribution < 1.29 is 27.5 Å². The van der Waals surface area contributed by atoms with Crippen molar-refractivity contribution in [3.8, 4) is 0 Å². The number of nitrogens with zero attached hydrogens (tertiary/aromatic N) is 2. The summed E-state index contributed by atoms with van der Waals surface area (Å²) in [6.45, 7) is 4.66. The molecule has 0 bridgehead atoms. The van der Waals surface area contributed by atoms with Crippen molar-refractivity contribution in [2.24, 2.45) is 0 Å². The Morgan fingerprint density at radius 1 is 1.03 bits per heavy atom. The number of hydrogen-bond donors (Lipinski definition) is 0. The number of Topliss-reactive ketones (excluding diaryl/α,β-unsaturated/α-hetero) is 1. The lowest BCUT2D eigenvalue weighted by atomic mass is 9.84. The fraction of sp³-hybridized carbons (Fsp3) is 0.407.